The van der Waals surface area contributed by atoms with E-state index in [4.69, 9.17) is 11.6 Å². The van der Waals surface area contributed by atoms with Crippen LogP contribution in [0.1, 0.15) is 5.56 Å². The van der Waals surface area contributed by atoms with Gasteiger partial charge in [-0.1, -0.05) is 48.0 Å². The first kappa shape index (κ1) is 17.0. The molecule has 1 saturated heterocycles. The zero-order chi connectivity index (χ0) is 17.9. The number of thioether (sulfide) groups is 1. The predicted octanol–water partition coefficient (Wildman–Crippen LogP) is 5.61. The number of amidine groups is 1. The summed E-state index contributed by atoms with van der Waals surface area (Å²) in [7, 11) is 0. The molecule has 1 fully saturated rings. The van der Waals surface area contributed by atoms with Crippen molar-refractivity contribution < 1.29 is 4.79 Å². The third kappa shape index (κ3) is 3.44. The molecule has 1 aromatic heterocycles. The molecular formula is C19H12ClN3OS2. The van der Waals surface area contributed by atoms with Crippen LogP contribution < -0.4 is 4.90 Å². The Morgan fingerprint density at radius 3 is 2.58 bits per heavy atom. The van der Waals surface area contributed by atoms with Gasteiger partial charge in [0.1, 0.15) is 0 Å². The molecule has 2 aromatic carbocycles. The predicted molar refractivity (Wildman–Crippen MR) is 110 cm³/mol. The number of anilines is 1. The highest BCUT2D eigenvalue weighted by molar-refractivity contribution is 8.19. The van der Waals surface area contributed by atoms with Gasteiger partial charge in [-0.05, 0) is 41.6 Å². The number of para-hydroxylation sites is 1. The molecule has 4 nitrogen and oxygen atoms in total. The minimum atomic E-state index is -0.128. The van der Waals surface area contributed by atoms with E-state index in [0.29, 0.717) is 20.2 Å². The van der Waals surface area contributed by atoms with Crippen molar-refractivity contribution >= 4 is 62.7 Å². The van der Waals surface area contributed by atoms with Crippen molar-refractivity contribution in [3.63, 3.8) is 0 Å². The maximum atomic E-state index is 13.1. The van der Waals surface area contributed by atoms with Crippen molar-refractivity contribution in [2.45, 2.75) is 0 Å². The van der Waals surface area contributed by atoms with Crippen molar-refractivity contribution in [3.8, 4) is 0 Å². The third-order valence-electron chi connectivity index (χ3n) is 3.62. The Balaban J connectivity index is 1.78. The number of nitrogens with zero attached hydrogens (tertiary/aromatic N) is 3. The lowest BCUT2D eigenvalue weighted by molar-refractivity contribution is -0.113. The highest BCUT2D eigenvalue weighted by Gasteiger charge is 2.35. The van der Waals surface area contributed by atoms with Crippen molar-refractivity contribution in [1.82, 2.24) is 4.98 Å². The van der Waals surface area contributed by atoms with Gasteiger partial charge in [-0.25, -0.2) is 4.98 Å². The molecule has 0 unspecified atom stereocenters. The summed E-state index contributed by atoms with van der Waals surface area (Å²) in [5.41, 5.74) is 1.57. The van der Waals surface area contributed by atoms with Crippen LogP contribution in [-0.2, 0) is 4.79 Å². The number of aliphatic imine (C=N–C) groups is 1. The number of halogens is 1. The highest BCUT2D eigenvalue weighted by Crippen LogP contribution is 2.38. The van der Waals surface area contributed by atoms with Gasteiger partial charge in [0.2, 0.25) is 5.13 Å². The highest BCUT2D eigenvalue weighted by atomic mass is 35.5. The van der Waals surface area contributed by atoms with Gasteiger partial charge in [0.15, 0.2) is 5.17 Å². The minimum absolute atomic E-state index is 0.128. The van der Waals surface area contributed by atoms with Crippen LogP contribution in [0.5, 0.6) is 0 Å². The van der Waals surface area contributed by atoms with Gasteiger partial charge in [0, 0.05) is 16.6 Å². The molecule has 26 heavy (non-hydrogen) atoms. The van der Waals surface area contributed by atoms with E-state index < -0.39 is 0 Å². The lowest BCUT2D eigenvalue weighted by Gasteiger charge is -2.14. The molecule has 0 bridgehead atoms. The van der Waals surface area contributed by atoms with Crippen LogP contribution >= 0.6 is 34.7 Å². The lowest BCUT2D eigenvalue weighted by Crippen LogP contribution is -2.28. The number of carbonyl (C=O) groups is 1. The van der Waals surface area contributed by atoms with Crippen LogP contribution in [0, 0.1) is 0 Å². The molecule has 7 heteroatoms. The summed E-state index contributed by atoms with van der Waals surface area (Å²) in [5, 5.41) is 3.65. The minimum Gasteiger partial charge on any atom is -0.268 e. The Labute approximate surface area is 163 Å². The fourth-order valence-corrected chi connectivity index (χ4v) is 4.17. The summed E-state index contributed by atoms with van der Waals surface area (Å²) in [4.78, 5) is 24.0. The van der Waals surface area contributed by atoms with E-state index in [0.717, 1.165) is 11.3 Å². The average Bonchev–Trinajstić information content (AvgIpc) is 3.27. The number of rotatable bonds is 3. The molecule has 2 heterocycles. The summed E-state index contributed by atoms with van der Waals surface area (Å²) < 4.78 is 0. The van der Waals surface area contributed by atoms with Crippen LogP contribution in [0.25, 0.3) is 6.08 Å². The number of carbonyl (C=O) groups excluding carboxylic acids is 1. The van der Waals surface area contributed by atoms with Crippen LogP contribution in [0.15, 0.2) is 76.1 Å². The zero-order valence-electron chi connectivity index (χ0n) is 13.4. The molecule has 0 atom stereocenters. The SMILES string of the molecule is O=C1/C(=C/c2ccccc2Cl)S/C(=N/c2nccs2)N1c1ccccc1. The number of thiazole rings is 1. The summed E-state index contributed by atoms with van der Waals surface area (Å²) >= 11 is 8.98. The molecule has 4 rings (SSSR count). The van der Waals surface area contributed by atoms with E-state index in [1.807, 2.05) is 53.9 Å². The molecule has 0 aliphatic carbocycles. The molecule has 3 aromatic rings. The number of hydrogen-bond acceptors (Lipinski definition) is 5. The van der Waals surface area contributed by atoms with Crippen molar-refractivity contribution in [2.24, 2.45) is 4.99 Å². The van der Waals surface area contributed by atoms with E-state index in [2.05, 4.69) is 9.98 Å². The van der Waals surface area contributed by atoms with E-state index in [9.17, 15) is 4.79 Å². The van der Waals surface area contributed by atoms with Crippen molar-refractivity contribution in [2.75, 3.05) is 4.90 Å². The van der Waals surface area contributed by atoms with Gasteiger partial charge < -0.3 is 0 Å². The normalized spacial score (nSPS) is 17.4. The van der Waals surface area contributed by atoms with Crippen LogP contribution in [0.2, 0.25) is 5.02 Å². The molecular weight excluding hydrogens is 386 g/mol. The Morgan fingerprint density at radius 2 is 1.85 bits per heavy atom. The first-order valence-electron chi connectivity index (χ1n) is 7.74. The van der Waals surface area contributed by atoms with E-state index in [1.54, 1.807) is 23.2 Å². The molecule has 1 aliphatic heterocycles. The summed E-state index contributed by atoms with van der Waals surface area (Å²) in [6, 6.07) is 16.9. The van der Waals surface area contributed by atoms with Gasteiger partial charge in [-0.15, -0.1) is 11.3 Å². The van der Waals surface area contributed by atoms with Crippen molar-refractivity contribution in [1.29, 1.82) is 0 Å². The monoisotopic (exact) mass is 397 g/mol. The number of aromatic nitrogens is 1. The largest absolute Gasteiger partial charge is 0.271 e. The van der Waals surface area contributed by atoms with E-state index in [1.165, 1.54) is 23.1 Å². The molecule has 0 N–H and O–H groups in total. The smallest absolute Gasteiger partial charge is 0.268 e. The van der Waals surface area contributed by atoms with Gasteiger partial charge in [-0.3, -0.25) is 9.69 Å². The summed E-state index contributed by atoms with van der Waals surface area (Å²) in [5.74, 6) is -0.128. The zero-order valence-corrected chi connectivity index (χ0v) is 15.8. The molecule has 0 radical (unpaired) electrons. The first-order chi connectivity index (χ1) is 12.7. The van der Waals surface area contributed by atoms with Gasteiger partial charge >= 0.3 is 0 Å². The molecule has 1 amide bonds. The summed E-state index contributed by atoms with van der Waals surface area (Å²) in [6.45, 7) is 0. The average molecular weight is 398 g/mol. The second-order valence-corrected chi connectivity index (χ2v) is 7.61. The number of amides is 1. The standard InChI is InChI=1S/C19H12ClN3OS2/c20-15-9-5-4-6-13(15)12-16-17(24)23(14-7-2-1-3-8-14)19(26-16)22-18-21-10-11-25-18/h1-12H/b16-12-,22-19+. The van der Waals surface area contributed by atoms with E-state index >= 15 is 0 Å². The van der Waals surface area contributed by atoms with Crippen molar-refractivity contribution in [3.05, 3.63) is 81.7 Å². The molecule has 128 valence electrons. The van der Waals surface area contributed by atoms with Crippen LogP contribution in [-0.4, -0.2) is 16.1 Å². The van der Waals surface area contributed by atoms with Crippen LogP contribution in [0.4, 0.5) is 10.8 Å². The molecule has 0 saturated carbocycles. The molecule has 0 spiro atoms. The Kier molecular flexibility index (Phi) is 4.88. The Hall–Kier alpha value is -2.41. The van der Waals surface area contributed by atoms with Gasteiger partial charge in [0.05, 0.1) is 10.6 Å². The topological polar surface area (TPSA) is 45.6 Å². The first-order valence-corrected chi connectivity index (χ1v) is 9.81. The van der Waals surface area contributed by atoms with Gasteiger partial charge in [-0.2, -0.15) is 4.99 Å². The third-order valence-corrected chi connectivity index (χ3v) is 5.60. The van der Waals surface area contributed by atoms with Gasteiger partial charge in [0.25, 0.3) is 5.91 Å². The molecule has 1 aliphatic rings. The maximum absolute atomic E-state index is 13.1. The van der Waals surface area contributed by atoms with E-state index in [-0.39, 0.29) is 5.91 Å². The summed E-state index contributed by atoms with van der Waals surface area (Å²) in [6.07, 6.45) is 3.49. The van der Waals surface area contributed by atoms with Crippen LogP contribution in [0.3, 0.4) is 0 Å². The second-order valence-electron chi connectivity index (χ2n) is 5.32. The quantitative estimate of drug-likeness (QED) is 0.540. The number of hydrogen-bond donors (Lipinski definition) is 0. The second kappa shape index (κ2) is 7.45. The fraction of sp³-hybridized carbons (Fsp3) is 0. The Morgan fingerprint density at radius 1 is 1.08 bits per heavy atom. The lowest BCUT2D eigenvalue weighted by atomic mass is 10.2. The fourth-order valence-electron chi connectivity index (χ4n) is 2.44. The Bertz CT molecular complexity index is 1000. The number of benzene rings is 2. The maximum Gasteiger partial charge on any atom is 0.271 e.